The van der Waals surface area contributed by atoms with Gasteiger partial charge in [-0.25, -0.2) is 0 Å². The number of nitrogen functional groups attached to an aromatic ring is 1. The molecule has 0 aliphatic rings. The van der Waals surface area contributed by atoms with Crippen molar-refractivity contribution in [2.75, 3.05) is 12.3 Å². The molecule has 0 heterocycles. The fourth-order valence-electron chi connectivity index (χ4n) is 1.74. The molecule has 0 bridgehead atoms. The average molecular weight is 313 g/mol. The number of hydrogen-bond donors (Lipinski definition) is 2. The van der Waals surface area contributed by atoms with Gasteiger partial charge in [0.25, 0.3) is 5.91 Å². The molecular weight excluding hydrogens is 292 g/mol. The highest BCUT2D eigenvalue weighted by atomic mass is 79.9. The van der Waals surface area contributed by atoms with Crippen molar-refractivity contribution in [2.45, 2.75) is 33.6 Å². The van der Waals surface area contributed by atoms with Crippen molar-refractivity contribution in [3.8, 4) is 0 Å². The zero-order chi connectivity index (χ0) is 13.7. The number of carbonyl (C=O) groups excluding carboxylic acids is 1. The summed E-state index contributed by atoms with van der Waals surface area (Å²) in [7, 11) is 0. The van der Waals surface area contributed by atoms with Crippen LogP contribution in [-0.2, 0) is 0 Å². The first-order valence-electron chi connectivity index (χ1n) is 6.25. The largest absolute Gasteiger partial charge is 0.398 e. The first kappa shape index (κ1) is 15.0. The first-order chi connectivity index (χ1) is 8.41. The van der Waals surface area contributed by atoms with E-state index >= 15 is 0 Å². The zero-order valence-corrected chi connectivity index (χ0v) is 12.8. The van der Waals surface area contributed by atoms with Crippen molar-refractivity contribution in [1.82, 2.24) is 5.32 Å². The minimum atomic E-state index is -0.0516. The van der Waals surface area contributed by atoms with Crippen LogP contribution in [0.15, 0.2) is 16.6 Å². The SMILES string of the molecule is Cc1c(N)cc(Br)cc1C(=O)NCCCC(C)C. The van der Waals surface area contributed by atoms with Crippen LogP contribution < -0.4 is 11.1 Å². The topological polar surface area (TPSA) is 55.1 Å². The Kier molecular flexibility index (Phi) is 5.66. The van der Waals surface area contributed by atoms with Crippen molar-refractivity contribution in [2.24, 2.45) is 5.92 Å². The van der Waals surface area contributed by atoms with E-state index in [2.05, 4.69) is 35.1 Å². The quantitative estimate of drug-likeness (QED) is 0.645. The number of rotatable bonds is 5. The molecule has 0 aliphatic heterocycles. The van der Waals surface area contributed by atoms with Gasteiger partial charge in [-0.1, -0.05) is 29.8 Å². The Morgan fingerprint density at radius 2 is 2.11 bits per heavy atom. The lowest BCUT2D eigenvalue weighted by atomic mass is 10.1. The molecule has 1 aromatic carbocycles. The Morgan fingerprint density at radius 1 is 1.44 bits per heavy atom. The summed E-state index contributed by atoms with van der Waals surface area (Å²) < 4.78 is 0.831. The van der Waals surface area contributed by atoms with Crippen molar-refractivity contribution in [3.63, 3.8) is 0 Å². The summed E-state index contributed by atoms with van der Waals surface area (Å²) in [5.74, 6) is 0.620. The molecule has 0 aliphatic carbocycles. The Hall–Kier alpha value is -1.03. The molecule has 3 nitrogen and oxygen atoms in total. The number of anilines is 1. The van der Waals surface area contributed by atoms with E-state index in [0.717, 1.165) is 22.9 Å². The summed E-state index contributed by atoms with van der Waals surface area (Å²) >= 11 is 3.36. The number of nitrogens with one attached hydrogen (secondary N) is 1. The van der Waals surface area contributed by atoms with Gasteiger partial charge in [0.15, 0.2) is 0 Å². The molecule has 0 saturated heterocycles. The maximum Gasteiger partial charge on any atom is 0.251 e. The highest BCUT2D eigenvalue weighted by Gasteiger charge is 2.11. The molecule has 0 aromatic heterocycles. The molecule has 1 amide bonds. The van der Waals surface area contributed by atoms with Gasteiger partial charge in [0.1, 0.15) is 0 Å². The second-order valence-electron chi connectivity index (χ2n) is 4.96. The van der Waals surface area contributed by atoms with Crippen LogP contribution in [0, 0.1) is 12.8 Å². The van der Waals surface area contributed by atoms with Crippen LogP contribution in [-0.4, -0.2) is 12.5 Å². The fourth-order valence-corrected chi connectivity index (χ4v) is 2.22. The second kappa shape index (κ2) is 6.78. The lowest BCUT2D eigenvalue weighted by Gasteiger charge is -2.11. The van der Waals surface area contributed by atoms with Crippen molar-refractivity contribution >= 4 is 27.5 Å². The van der Waals surface area contributed by atoms with E-state index in [-0.39, 0.29) is 5.91 Å². The van der Waals surface area contributed by atoms with E-state index in [1.165, 1.54) is 0 Å². The summed E-state index contributed by atoms with van der Waals surface area (Å²) in [5.41, 5.74) is 7.96. The number of hydrogen-bond acceptors (Lipinski definition) is 2. The van der Waals surface area contributed by atoms with Gasteiger partial charge in [-0.3, -0.25) is 4.79 Å². The number of amides is 1. The highest BCUT2D eigenvalue weighted by Crippen LogP contribution is 2.22. The predicted octanol–water partition coefficient (Wildman–Crippen LogP) is 3.51. The summed E-state index contributed by atoms with van der Waals surface area (Å²) in [5, 5.41) is 2.93. The number of nitrogens with two attached hydrogens (primary N) is 1. The highest BCUT2D eigenvalue weighted by molar-refractivity contribution is 9.10. The Bertz CT molecular complexity index is 430. The number of benzene rings is 1. The van der Waals surface area contributed by atoms with Crippen LogP contribution in [0.3, 0.4) is 0 Å². The van der Waals surface area contributed by atoms with Gasteiger partial charge >= 0.3 is 0 Å². The molecule has 1 rings (SSSR count). The summed E-state index contributed by atoms with van der Waals surface area (Å²) in [6, 6.07) is 3.62. The third-order valence-electron chi connectivity index (χ3n) is 2.90. The van der Waals surface area contributed by atoms with E-state index in [9.17, 15) is 4.79 Å². The Balaban J connectivity index is 2.62. The Labute approximate surface area is 117 Å². The number of carbonyl (C=O) groups is 1. The molecule has 100 valence electrons. The van der Waals surface area contributed by atoms with Crippen LogP contribution in [0.1, 0.15) is 42.6 Å². The van der Waals surface area contributed by atoms with Gasteiger partial charge in [0, 0.05) is 22.3 Å². The average Bonchev–Trinajstić information content (AvgIpc) is 2.28. The lowest BCUT2D eigenvalue weighted by molar-refractivity contribution is 0.0952. The van der Waals surface area contributed by atoms with Crippen LogP contribution in [0.5, 0.6) is 0 Å². The summed E-state index contributed by atoms with van der Waals surface area (Å²) in [6.07, 6.45) is 2.13. The maximum absolute atomic E-state index is 12.0. The van der Waals surface area contributed by atoms with Gasteiger partial charge < -0.3 is 11.1 Å². The molecule has 0 fully saturated rings. The van der Waals surface area contributed by atoms with E-state index < -0.39 is 0 Å². The molecular formula is C14H21BrN2O. The third kappa shape index (κ3) is 4.33. The van der Waals surface area contributed by atoms with E-state index in [1.54, 1.807) is 0 Å². The monoisotopic (exact) mass is 312 g/mol. The van der Waals surface area contributed by atoms with Gasteiger partial charge in [-0.15, -0.1) is 0 Å². The van der Waals surface area contributed by atoms with Crippen LogP contribution in [0.25, 0.3) is 0 Å². The minimum absolute atomic E-state index is 0.0516. The van der Waals surface area contributed by atoms with Gasteiger partial charge in [-0.2, -0.15) is 0 Å². The molecule has 1 aromatic rings. The second-order valence-corrected chi connectivity index (χ2v) is 5.88. The van der Waals surface area contributed by atoms with Crippen LogP contribution in [0.2, 0.25) is 0 Å². The molecule has 0 unspecified atom stereocenters. The standard InChI is InChI=1S/C14H21BrN2O/c1-9(2)5-4-6-17-14(18)12-7-11(15)8-13(16)10(12)3/h7-9H,4-6,16H2,1-3H3,(H,17,18). The van der Waals surface area contributed by atoms with Gasteiger partial charge in [-0.05, 0) is 43.4 Å². The van der Waals surface area contributed by atoms with Gasteiger partial charge in [0.2, 0.25) is 0 Å². The maximum atomic E-state index is 12.0. The predicted molar refractivity (Wildman–Crippen MR) is 79.7 cm³/mol. The molecule has 4 heteroatoms. The molecule has 18 heavy (non-hydrogen) atoms. The molecule has 0 saturated carbocycles. The smallest absolute Gasteiger partial charge is 0.251 e. The van der Waals surface area contributed by atoms with Crippen LogP contribution in [0.4, 0.5) is 5.69 Å². The lowest BCUT2D eigenvalue weighted by Crippen LogP contribution is -2.25. The molecule has 3 N–H and O–H groups in total. The molecule has 0 atom stereocenters. The zero-order valence-electron chi connectivity index (χ0n) is 11.2. The third-order valence-corrected chi connectivity index (χ3v) is 3.36. The fraction of sp³-hybridized carbons (Fsp3) is 0.500. The van der Waals surface area contributed by atoms with Crippen LogP contribution >= 0.6 is 15.9 Å². The van der Waals surface area contributed by atoms with Gasteiger partial charge in [0.05, 0.1) is 0 Å². The van der Waals surface area contributed by atoms with Crippen molar-refractivity contribution in [1.29, 1.82) is 0 Å². The number of halogens is 1. The summed E-state index contributed by atoms with van der Waals surface area (Å²) in [6.45, 7) is 6.94. The summed E-state index contributed by atoms with van der Waals surface area (Å²) in [4.78, 5) is 12.0. The molecule has 0 radical (unpaired) electrons. The first-order valence-corrected chi connectivity index (χ1v) is 7.05. The minimum Gasteiger partial charge on any atom is -0.398 e. The van der Waals surface area contributed by atoms with E-state index in [1.807, 2.05) is 19.1 Å². The van der Waals surface area contributed by atoms with E-state index in [0.29, 0.717) is 23.7 Å². The van der Waals surface area contributed by atoms with Crippen molar-refractivity contribution in [3.05, 3.63) is 27.7 Å². The normalized spacial score (nSPS) is 10.7. The van der Waals surface area contributed by atoms with Crippen molar-refractivity contribution < 1.29 is 4.79 Å². The Morgan fingerprint density at radius 3 is 2.72 bits per heavy atom. The molecule has 0 spiro atoms. The van der Waals surface area contributed by atoms with E-state index in [4.69, 9.17) is 5.73 Å².